The molecule has 1 N–H and O–H groups in total. The van der Waals surface area contributed by atoms with Gasteiger partial charge in [-0.05, 0) is 37.3 Å². The first kappa shape index (κ1) is 11.0. The lowest BCUT2D eigenvalue weighted by molar-refractivity contribution is 0.0245. The van der Waals surface area contributed by atoms with E-state index in [9.17, 15) is 9.50 Å². The van der Waals surface area contributed by atoms with Gasteiger partial charge in [-0.1, -0.05) is 17.7 Å². The summed E-state index contributed by atoms with van der Waals surface area (Å²) in [5.74, 6) is 1.53. The maximum atomic E-state index is 13.6. The van der Waals surface area contributed by atoms with Crippen LogP contribution in [-0.4, -0.2) is 16.6 Å². The fraction of sp³-hybridized carbons (Fsp3) is 0.500. The van der Waals surface area contributed by atoms with Crippen LogP contribution in [0.25, 0.3) is 0 Å². The lowest BCUT2D eigenvalue weighted by Gasteiger charge is -2.32. The minimum Gasteiger partial charge on any atom is -0.385 e. The molecule has 1 saturated heterocycles. The Balaban J connectivity index is 2.38. The first-order valence-corrected chi connectivity index (χ1v) is 6.34. The van der Waals surface area contributed by atoms with Crippen LogP contribution in [0.2, 0.25) is 0 Å². The van der Waals surface area contributed by atoms with E-state index >= 15 is 0 Å². The topological polar surface area (TPSA) is 20.2 Å². The van der Waals surface area contributed by atoms with Crippen molar-refractivity contribution in [1.29, 1.82) is 0 Å². The van der Waals surface area contributed by atoms with E-state index in [0.717, 1.165) is 17.1 Å². The molecule has 2 rings (SSSR count). The lowest BCUT2D eigenvalue weighted by Crippen LogP contribution is -2.31. The summed E-state index contributed by atoms with van der Waals surface area (Å²) in [4.78, 5) is 0. The highest BCUT2D eigenvalue weighted by molar-refractivity contribution is 7.99. The van der Waals surface area contributed by atoms with Gasteiger partial charge >= 0.3 is 0 Å². The van der Waals surface area contributed by atoms with E-state index in [-0.39, 0.29) is 5.82 Å². The van der Waals surface area contributed by atoms with E-state index in [2.05, 4.69) is 0 Å². The smallest absolute Gasteiger partial charge is 0.129 e. The monoisotopic (exact) mass is 226 g/mol. The standard InChI is InChI=1S/C12H15FOS/c1-9-2-3-11(13)10(8-9)12(14)4-6-15-7-5-12/h2-3,8,14H,4-7H2,1H3. The molecule has 1 fully saturated rings. The zero-order valence-electron chi connectivity index (χ0n) is 8.79. The van der Waals surface area contributed by atoms with Crippen molar-refractivity contribution in [3.63, 3.8) is 0 Å². The molecule has 3 heteroatoms. The van der Waals surface area contributed by atoms with Crippen LogP contribution in [0.5, 0.6) is 0 Å². The number of thioether (sulfide) groups is 1. The van der Waals surface area contributed by atoms with Crippen LogP contribution in [0.1, 0.15) is 24.0 Å². The van der Waals surface area contributed by atoms with Crippen molar-refractivity contribution in [2.24, 2.45) is 0 Å². The van der Waals surface area contributed by atoms with Gasteiger partial charge in [0.25, 0.3) is 0 Å². The first-order chi connectivity index (χ1) is 7.12. The second-order valence-corrected chi connectivity index (χ2v) is 5.35. The van der Waals surface area contributed by atoms with E-state index in [1.165, 1.54) is 6.07 Å². The molecule has 1 aromatic carbocycles. The van der Waals surface area contributed by atoms with Gasteiger partial charge in [0.2, 0.25) is 0 Å². The molecule has 1 nitrogen and oxygen atoms in total. The van der Waals surface area contributed by atoms with Crippen LogP contribution in [0.4, 0.5) is 4.39 Å². The molecule has 1 heterocycles. The maximum absolute atomic E-state index is 13.6. The molecule has 1 aliphatic rings. The molecule has 0 bridgehead atoms. The number of hydrogen-bond acceptors (Lipinski definition) is 2. The molecule has 0 amide bonds. The van der Waals surface area contributed by atoms with Crippen LogP contribution in [-0.2, 0) is 5.60 Å². The summed E-state index contributed by atoms with van der Waals surface area (Å²) < 4.78 is 13.6. The molecule has 15 heavy (non-hydrogen) atoms. The third-order valence-electron chi connectivity index (χ3n) is 2.94. The zero-order valence-corrected chi connectivity index (χ0v) is 9.61. The molecule has 0 saturated carbocycles. The molecule has 0 radical (unpaired) electrons. The van der Waals surface area contributed by atoms with E-state index in [1.54, 1.807) is 12.1 Å². The van der Waals surface area contributed by atoms with Gasteiger partial charge in [0.15, 0.2) is 0 Å². The maximum Gasteiger partial charge on any atom is 0.129 e. The minimum atomic E-state index is -0.943. The summed E-state index contributed by atoms with van der Waals surface area (Å²) in [6.45, 7) is 1.92. The second-order valence-electron chi connectivity index (χ2n) is 4.13. The van der Waals surface area contributed by atoms with Gasteiger partial charge < -0.3 is 5.11 Å². The Bertz CT molecular complexity index is 359. The molecule has 0 aliphatic carbocycles. The highest BCUT2D eigenvalue weighted by atomic mass is 32.2. The fourth-order valence-electron chi connectivity index (χ4n) is 1.97. The highest BCUT2D eigenvalue weighted by Gasteiger charge is 2.33. The summed E-state index contributed by atoms with van der Waals surface area (Å²) in [7, 11) is 0. The van der Waals surface area contributed by atoms with Crippen molar-refractivity contribution in [2.75, 3.05) is 11.5 Å². The Hall–Kier alpha value is -0.540. The summed E-state index contributed by atoms with van der Waals surface area (Å²) >= 11 is 1.82. The summed E-state index contributed by atoms with van der Waals surface area (Å²) in [6.07, 6.45) is 1.30. The Morgan fingerprint density at radius 1 is 1.33 bits per heavy atom. The van der Waals surface area contributed by atoms with Gasteiger partial charge in [-0.2, -0.15) is 11.8 Å². The quantitative estimate of drug-likeness (QED) is 0.794. The summed E-state index contributed by atoms with van der Waals surface area (Å²) in [5.41, 5.74) is 0.530. The number of hydrogen-bond donors (Lipinski definition) is 1. The van der Waals surface area contributed by atoms with Gasteiger partial charge in [-0.25, -0.2) is 4.39 Å². The Kier molecular flexibility index (Phi) is 3.03. The van der Waals surface area contributed by atoms with Gasteiger partial charge in [-0.3, -0.25) is 0 Å². The molecule has 0 spiro atoms. The average molecular weight is 226 g/mol. The third-order valence-corrected chi connectivity index (χ3v) is 3.93. The van der Waals surface area contributed by atoms with Crippen LogP contribution < -0.4 is 0 Å². The van der Waals surface area contributed by atoms with E-state index in [1.807, 2.05) is 18.7 Å². The van der Waals surface area contributed by atoms with Gasteiger partial charge in [-0.15, -0.1) is 0 Å². The summed E-state index contributed by atoms with van der Waals surface area (Å²) in [5, 5.41) is 10.4. The van der Waals surface area contributed by atoms with E-state index in [0.29, 0.717) is 18.4 Å². The fourth-order valence-corrected chi connectivity index (χ4v) is 3.14. The van der Waals surface area contributed by atoms with Crippen molar-refractivity contribution < 1.29 is 9.50 Å². The first-order valence-electron chi connectivity index (χ1n) is 5.19. The number of aryl methyl sites for hydroxylation is 1. The number of aliphatic hydroxyl groups is 1. The number of benzene rings is 1. The lowest BCUT2D eigenvalue weighted by atomic mass is 9.87. The Morgan fingerprint density at radius 2 is 2.00 bits per heavy atom. The predicted octanol–water partition coefficient (Wildman–Crippen LogP) is 2.85. The van der Waals surface area contributed by atoms with E-state index in [4.69, 9.17) is 0 Å². The minimum absolute atomic E-state index is 0.282. The van der Waals surface area contributed by atoms with Crippen molar-refractivity contribution in [3.8, 4) is 0 Å². The largest absolute Gasteiger partial charge is 0.385 e. The summed E-state index contributed by atoms with van der Waals surface area (Å²) in [6, 6.07) is 4.95. The normalized spacial score (nSPS) is 20.2. The molecule has 0 unspecified atom stereocenters. The van der Waals surface area contributed by atoms with Crippen LogP contribution in [0.3, 0.4) is 0 Å². The SMILES string of the molecule is Cc1ccc(F)c(C2(O)CCSCC2)c1. The Morgan fingerprint density at radius 3 is 2.67 bits per heavy atom. The van der Waals surface area contributed by atoms with E-state index < -0.39 is 5.60 Å². The van der Waals surface area contributed by atoms with Crippen LogP contribution in [0.15, 0.2) is 18.2 Å². The predicted molar refractivity (Wildman–Crippen MR) is 61.6 cm³/mol. The van der Waals surface area contributed by atoms with Crippen LogP contribution >= 0.6 is 11.8 Å². The Labute approximate surface area is 93.7 Å². The molecule has 82 valence electrons. The molecule has 0 atom stereocenters. The zero-order chi connectivity index (χ0) is 10.9. The van der Waals surface area contributed by atoms with Gasteiger partial charge in [0.05, 0.1) is 5.60 Å². The molecule has 1 aromatic rings. The number of halogens is 1. The molecule has 1 aliphatic heterocycles. The second kappa shape index (κ2) is 4.14. The van der Waals surface area contributed by atoms with Gasteiger partial charge in [0.1, 0.15) is 5.82 Å². The van der Waals surface area contributed by atoms with Crippen molar-refractivity contribution >= 4 is 11.8 Å². The third kappa shape index (κ3) is 2.18. The number of rotatable bonds is 1. The molecule has 0 aromatic heterocycles. The molecular weight excluding hydrogens is 211 g/mol. The van der Waals surface area contributed by atoms with Crippen molar-refractivity contribution in [3.05, 3.63) is 35.1 Å². The molecular formula is C12H15FOS. The van der Waals surface area contributed by atoms with Crippen molar-refractivity contribution in [2.45, 2.75) is 25.4 Å². The van der Waals surface area contributed by atoms with Crippen molar-refractivity contribution in [1.82, 2.24) is 0 Å². The average Bonchev–Trinajstić information content (AvgIpc) is 2.23. The van der Waals surface area contributed by atoms with Crippen LogP contribution in [0, 0.1) is 12.7 Å². The highest BCUT2D eigenvalue weighted by Crippen LogP contribution is 2.37. The van der Waals surface area contributed by atoms with Gasteiger partial charge in [0, 0.05) is 5.56 Å².